The molecule has 1 aliphatic rings. The third-order valence-corrected chi connectivity index (χ3v) is 4.36. The number of benzene rings is 2. The van der Waals surface area contributed by atoms with Gasteiger partial charge in [0.2, 0.25) is 0 Å². The highest BCUT2D eigenvalue weighted by Gasteiger charge is 2.27. The Hall–Kier alpha value is -3.94. The van der Waals surface area contributed by atoms with Crippen molar-refractivity contribution in [3.05, 3.63) is 64.7 Å². The topological polar surface area (TPSA) is 114 Å². The predicted octanol–water partition coefficient (Wildman–Crippen LogP) is 2.07. The van der Waals surface area contributed by atoms with Gasteiger partial charge in [-0.2, -0.15) is 0 Å². The van der Waals surface area contributed by atoms with Gasteiger partial charge in [-0.25, -0.2) is 4.79 Å². The Morgan fingerprint density at radius 2 is 1.72 bits per heavy atom. The molecule has 0 saturated carbocycles. The van der Waals surface area contributed by atoms with Gasteiger partial charge in [-0.05, 0) is 54.8 Å². The summed E-state index contributed by atoms with van der Waals surface area (Å²) in [7, 11) is 0. The minimum atomic E-state index is -0.857. The monoisotopic (exact) mass is 393 g/mol. The van der Waals surface area contributed by atoms with E-state index in [9.17, 15) is 19.2 Å². The smallest absolute Gasteiger partial charge is 0.328 e. The number of urea groups is 1. The summed E-state index contributed by atoms with van der Waals surface area (Å²) in [5.41, 5.74) is 3.08. The predicted molar refractivity (Wildman–Crippen MR) is 106 cm³/mol. The lowest BCUT2D eigenvalue weighted by Gasteiger charge is -2.14. The van der Waals surface area contributed by atoms with Gasteiger partial charge in [0.25, 0.3) is 17.7 Å². The summed E-state index contributed by atoms with van der Waals surface area (Å²) in [5.74, 6) is -1.48. The Bertz CT molecular complexity index is 1020. The first-order chi connectivity index (χ1) is 13.8. The Morgan fingerprint density at radius 3 is 2.45 bits per heavy atom. The van der Waals surface area contributed by atoms with Crippen LogP contribution in [0.2, 0.25) is 0 Å². The first-order valence-electron chi connectivity index (χ1n) is 8.81. The highest BCUT2D eigenvalue weighted by Crippen LogP contribution is 2.19. The van der Waals surface area contributed by atoms with E-state index in [2.05, 4.69) is 5.32 Å². The number of anilines is 1. The van der Waals surface area contributed by atoms with Crippen molar-refractivity contribution in [2.45, 2.75) is 13.8 Å². The Kier molecular flexibility index (Phi) is 5.73. The molecule has 1 heterocycles. The lowest BCUT2D eigenvalue weighted by atomic mass is 10.1. The van der Waals surface area contributed by atoms with E-state index < -0.39 is 17.8 Å². The number of amides is 5. The van der Waals surface area contributed by atoms with E-state index in [1.807, 2.05) is 42.7 Å². The van der Waals surface area contributed by atoms with Crippen molar-refractivity contribution in [2.75, 3.05) is 11.9 Å². The maximum atomic E-state index is 12.2. The molecule has 29 heavy (non-hydrogen) atoms. The maximum absolute atomic E-state index is 12.2. The number of carbonyl (C=O) groups excluding carboxylic acids is 4. The van der Waals surface area contributed by atoms with Crippen LogP contribution in [0.15, 0.2) is 48.0 Å². The van der Waals surface area contributed by atoms with Crippen molar-refractivity contribution in [2.24, 2.45) is 0 Å². The summed E-state index contributed by atoms with van der Waals surface area (Å²) >= 11 is 0. The number of nitrogens with one attached hydrogen (secondary N) is 3. The van der Waals surface area contributed by atoms with Crippen LogP contribution in [0.5, 0.6) is 5.75 Å². The highest BCUT2D eigenvalue weighted by atomic mass is 16.5. The van der Waals surface area contributed by atoms with E-state index >= 15 is 0 Å². The normalized spacial score (nSPS) is 13.4. The molecular formula is C21H19N3O5. The Labute approximate surface area is 166 Å². The van der Waals surface area contributed by atoms with Crippen LogP contribution < -0.4 is 20.7 Å². The van der Waals surface area contributed by atoms with Gasteiger partial charge in [0.05, 0.1) is 0 Å². The summed E-state index contributed by atoms with van der Waals surface area (Å²) < 4.78 is 5.51. The van der Waals surface area contributed by atoms with E-state index in [-0.39, 0.29) is 18.1 Å². The number of barbiturate groups is 1. The van der Waals surface area contributed by atoms with Gasteiger partial charge in [-0.3, -0.25) is 25.0 Å². The van der Waals surface area contributed by atoms with Gasteiger partial charge in [-0.1, -0.05) is 24.3 Å². The molecular weight excluding hydrogens is 374 g/mol. The van der Waals surface area contributed by atoms with Crippen LogP contribution >= 0.6 is 0 Å². The molecule has 0 bridgehead atoms. The third-order valence-electron chi connectivity index (χ3n) is 4.36. The number of rotatable bonds is 5. The first-order valence-corrected chi connectivity index (χ1v) is 8.81. The van der Waals surface area contributed by atoms with Gasteiger partial charge in [-0.15, -0.1) is 0 Å². The lowest BCUT2D eigenvalue weighted by molar-refractivity contribution is -0.124. The quantitative estimate of drug-likeness (QED) is 0.532. The molecule has 0 aliphatic carbocycles. The third kappa shape index (κ3) is 4.86. The maximum Gasteiger partial charge on any atom is 0.328 e. The average molecular weight is 393 g/mol. The van der Waals surface area contributed by atoms with E-state index in [1.54, 1.807) is 24.3 Å². The molecule has 0 aromatic heterocycles. The minimum absolute atomic E-state index is 0.200. The fraction of sp³-hybridized carbons (Fsp3) is 0.143. The molecule has 1 fully saturated rings. The van der Waals surface area contributed by atoms with Gasteiger partial charge in [0, 0.05) is 5.69 Å². The SMILES string of the molecule is Cc1cccc(NC(=O)COc2cccc(C=C3C(=O)NC(=O)NC3=O)c2)c1C. The zero-order valence-electron chi connectivity index (χ0n) is 15.9. The Balaban J connectivity index is 1.66. The van der Waals surface area contributed by atoms with Crippen LogP contribution in [0.1, 0.15) is 16.7 Å². The van der Waals surface area contributed by atoms with Gasteiger partial charge in [0.1, 0.15) is 11.3 Å². The van der Waals surface area contributed by atoms with Crippen LogP contribution in [-0.4, -0.2) is 30.4 Å². The summed E-state index contributed by atoms with van der Waals surface area (Å²) in [6.07, 6.45) is 1.33. The molecule has 0 radical (unpaired) electrons. The minimum Gasteiger partial charge on any atom is -0.484 e. The molecule has 2 aromatic carbocycles. The van der Waals surface area contributed by atoms with E-state index in [1.165, 1.54) is 6.08 Å². The number of imide groups is 2. The number of ether oxygens (including phenoxy) is 1. The zero-order valence-corrected chi connectivity index (χ0v) is 15.9. The second-order valence-corrected chi connectivity index (χ2v) is 6.45. The molecule has 1 aliphatic heterocycles. The second kappa shape index (κ2) is 8.39. The van der Waals surface area contributed by atoms with Gasteiger partial charge < -0.3 is 10.1 Å². The van der Waals surface area contributed by atoms with Crippen LogP contribution in [0.3, 0.4) is 0 Å². The van der Waals surface area contributed by atoms with Crippen LogP contribution in [0.25, 0.3) is 6.08 Å². The first kappa shape index (κ1) is 19.8. The van der Waals surface area contributed by atoms with Crippen LogP contribution in [-0.2, 0) is 14.4 Å². The van der Waals surface area contributed by atoms with E-state index in [0.29, 0.717) is 11.3 Å². The standard InChI is InChI=1S/C21H19N3O5/c1-12-5-3-8-17(13(12)2)22-18(25)11-29-15-7-4-6-14(9-15)10-16-19(26)23-21(28)24-20(16)27/h3-10H,11H2,1-2H3,(H,22,25)(H2,23,24,26,27,28). The summed E-state index contributed by atoms with van der Waals surface area (Å²) in [4.78, 5) is 46.9. The number of hydrogen-bond acceptors (Lipinski definition) is 5. The molecule has 0 spiro atoms. The zero-order chi connectivity index (χ0) is 21.0. The largest absolute Gasteiger partial charge is 0.484 e. The van der Waals surface area contributed by atoms with Crippen molar-refractivity contribution in [1.29, 1.82) is 0 Å². The number of carbonyl (C=O) groups is 4. The molecule has 2 aromatic rings. The van der Waals surface area contributed by atoms with Crippen molar-refractivity contribution in [1.82, 2.24) is 10.6 Å². The van der Waals surface area contributed by atoms with Crippen LogP contribution in [0, 0.1) is 13.8 Å². The molecule has 0 atom stereocenters. The molecule has 3 N–H and O–H groups in total. The second-order valence-electron chi connectivity index (χ2n) is 6.45. The summed E-state index contributed by atoms with van der Waals surface area (Å²) in [5, 5.41) is 6.81. The van der Waals surface area contributed by atoms with Crippen molar-refractivity contribution < 1.29 is 23.9 Å². The van der Waals surface area contributed by atoms with Crippen molar-refractivity contribution in [3.63, 3.8) is 0 Å². The fourth-order valence-corrected chi connectivity index (χ4v) is 2.69. The molecule has 148 valence electrons. The number of hydrogen-bond donors (Lipinski definition) is 3. The number of aryl methyl sites for hydroxylation is 1. The lowest BCUT2D eigenvalue weighted by Crippen LogP contribution is -2.51. The average Bonchev–Trinajstić information content (AvgIpc) is 2.67. The van der Waals surface area contributed by atoms with E-state index in [4.69, 9.17) is 4.74 Å². The van der Waals surface area contributed by atoms with Crippen molar-refractivity contribution in [3.8, 4) is 5.75 Å². The molecule has 8 heteroatoms. The van der Waals surface area contributed by atoms with Gasteiger partial charge >= 0.3 is 6.03 Å². The summed E-state index contributed by atoms with van der Waals surface area (Å²) in [6, 6.07) is 11.3. The van der Waals surface area contributed by atoms with E-state index in [0.717, 1.165) is 16.8 Å². The van der Waals surface area contributed by atoms with Crippen LogP contribution in [0.4, 0.5) is 10.5 Å². The molecule has 0 unspecified atom stereocenters. The molecule has 8 nitrogen and oxygen atoms in total. The molecule has 5 amide bonds. The van der Waals surface area contributed by atoms with Crippen molar-refractivity contribution >= 4 is 35.5 Å². The fourth-order valence-electron chi connectivity index (χ4n) is 2.69. The highest BCUT2D eigenvalue weighted by molar-refractivity contribution is 6.31. The van der Waals surface area contributed by atoms with Gasteiger partial charge in [0.15, 0.2) is 6.61 Å². The Morgan fingerprint density at radius 1 is 1.03 bits per heavy atom. The molecule has 1 saturated heterocycles. The molecule has 3 rings (SSSR count). The summed E-state index contributed by atoms with van der Waals surface area (Å²) in [6.45, 7) is 3.68.